The number of amides is 2. The van der Waals surface area contributed by atoms with Gasteiger partial charge in [0.2, 0.25) is 11.8 Å². The van der Waals surface area contributed by atoms with Gasteiger partial charge in [-0.05, 0) is 0 Å². The van der Waals surface area contributed by atoms with Crippen LogP contribution in [0, 0.1) is 0 Å². The predicted molar refractivity (Wildman–Crippen MR) is 52.4 cm³/mol. The molecule has 0 rings (SSSR count). The van der Waals surface area contributed by atoms with Crippen LogP contribution < -0.4 is 10.9 Å². The van der Waals surface area contributed by atoms with Gasteiger partial charge < -0.3 is 10.2 Å². The number of nitrogens with one attached hydrogen (secondary N) is 2. The van der Waals surface area contributed by atoms with E-state index in [0.29, 0.717) is 0 Å². The number of thioether (sulfide) groups is 1. The van der Waals surface area contributed by atoms with Crippen LogP contribution in [0.4, 0.5) is 0 Å². The van der Waals surface area contributed by atoms with Crippen molar-refractivity contribution in [1.82, 2.24) is 10.9 Å². The fourth-order valence-electron chi connectivity index (χ4n) is 0.534. The van der Waals surface area contributed by atoms with Crippen molar-refractivity contribution >= 4 is 23.6 Å². The van der Waals surface area contributed by atoms with Gasteiger partial charge in [0, 0.05) is 12.7 Å². The summed E-state index contributed by atoms with van der Waals surface area (Å²) < 4.78 is 0. The summed E-state index contributed by atoms with van der Waals surface area (Å²) >= 11 is 1.17. The molecule has 6 nitrogen and oxygen atoms in total. The number of carbonyl (C=O) groups is 2. The molecule has 7 heteroatoms. The van der Waals surface area contributed by atoms with Gasteiger partial charge in [0.25, 0.3) is 0 Å². The third-order valence-corrected chi connectivity index (χ3v) is 2.22. The fourth-order valence-corrected chi connectivity index (χ4v) is 1.29. The van der Waals surface area contributed by atoms with Gasteiger partial charge in [0.05, 0.1) is 18.5 Å². The molecule has 0 aliphatic heterocycles. The second-order valence-electron chi connectivity index (χ2n) is 2.58. The van der Waals surface area contributed by atoms with Crippen LogP contribution in [-0.4, -0.2) is 46.2 Å². The van der Waals surface area contributed by atoms with E-state index in [-0.39, 0.29) is 29.9 Å². The summed E-state index contributed by atoms with van der Waals surface area (Å²) in [6.45, 7) is 0.962. The summed E-state index contributed by atoms with van der Waals surface area (Å²) in [6, 6.07) is 0. The Hall–Kier alpha value is -0.790. The first-order valence-electron chi connectivity index (χ1n) is 3.98. The Balaban J connectivity index is 3.40. The smallest absolute Gasteiger partial charge is 0.248 e. The number of aliphatic hydroxyl groups is 2. The molecular weight excluding hydrogens is 208 g/mol. The van der Waals surface area contributed by atoms with Crippen LogP contribution in [-0.2, 0) is 9.59 Å². The van der Waals surface area contributed by atoms with E-state index < -0.39 is 6.10 Å². The highest BCUT2D eigenvalue weighted by Crippen LogP contribution is 2.01. The van der Waals surface area contributed by atoms with Crippen LogP contribution in [0.2, 0.25) is 0 Å². The Morgan fingerprint density at radius 2 is 2.07 bits per heavy atom. The van der Waals surface area contributed by atoms with Gasteiger partial charge in [-0.25, -0.2) is 0 Å². The van der Waals surface area contributed by atoms with Crippen molar-refractivity contribution in [2.75, 3.05) is 18.1 Å². The Kier molecular flexibility index (Phi) is 7.17. The van der Waals surface area contributed by atoms with E-state index in [9.17, 15) is 9.59 Å². The van der Waals surface area contributed by atoms with E-state index >= 15 is 0 Å². The van der Waals surface area contributed by atoms with E-state index in [1.807, 2.05) is 0 Å². The topological polar surface area (TPSA) is 98.7 Å². The van der Waals surface area contributed by atoms with E-state index in [2.05, 4.69) is 10.9 Å². The van der Waals surface area contributed by atoms with Crippen molar-refractivity contribution in [3.05, 3.63) is 0 Å². The lowest BCUT2D eigenvalue weighted by molar-refractivity contribution is -0.126. The summed E-state index contributed by atoms with van der Waals surface area (Å²) in [7, 11) is 0. The van der Waals surface area contributed by atoms with Gasteiger partial charge in [0.15, 0.2) is 0 Å². The highest BCUT2D eigenvalue weighted by Gasteiger charge is 2.05. The normalized spacial score (nSPS) is 11.9. The number of carbonyl (C=O) groups excluding carboxylic acids is 2. The molecule has 0 aromatic carbocycles. The molecule has 0 aromatic heterocycles. The lowest BCUT2D eigenvalue weighted by Crippen LogP contribution is -2.41. The van der Waals surface area contributed by atoms with Gasteiger partial charge >= 0.3 is 0 Å². The van der Waals surface area contributed by atoms with Crippen molar-refractivity contribution in [2.45, 2.75) is 13.0 Å². The molecular formula is C7H14N2O4S. The van der Waals surface area contributed by atoms with Crippen molar-refractivity contribution in [1.29, 1.82) is 0 Å². The van der Waals surface area contributed by atoms with Crippen LogP contribution in [0.25, 0.3) is 0 Å². The van der Waals surface area contributed by atoms with Crippen LogP contribution in [0.15, 0.2) is 0 Å². The zero-order valence-corrected chi connectivity index (χ0v) is 8.63. The zero-order valence-electron chi connectivity index (χ0n) is 7.82. The molecule has 0 aliphatic rings. The van der Waals surface area contributed by atoms with Gasteiger partial charge in [-0.2, -0.15) is 0 Å². The lowest BCUT2D eigenvalue weighted by atomic mass is 10.4. The van der Waals surface area contributed by atoms with Crippen LogP contribution >= 0.6 is 11.8 Å². The third kappa shape index (κ3) is 7.84. The fraction of sp³-hybridized carbons (Fsp3) is 0.714. The highest BCUT2D eigenvalue weighted by atomic mass is 32.2. The quantitative estimate of drug-likeness (QED) is 0.413. The van der Waals surface area contributed by atoms with Crippen molar-refractivity contribution in [2.24, 2.45) is 0 Å². The minimum atomic E-state index is -0.812. The molecule has 0 aliphatic carbocycles. The molecule has 0 spiro atoms. The van der Waals surface area contributed by atoms with E-state index in [1.165, 1.54) is 18.7 Å². The van der Waals surface area contributed by atoms with E-state index in [4.69, 9.17) is 10.2 Å². The zero-order chi connectivity index (χ0) is 11.0. The number of hydrogen-bond donors (Lipinski definition) is 4. The molecule has 14 heavy (non-hydrogen) atoms. The Labute approximate surface area is 86.0 Å². The number of hydrazine groups is 1. The molecule has 0 bridgehead atoms. The van der Waals surface area contributed by atoms with Crippen molar-refractivity contribution in [3.63, 3.8) is 0 Å². The molecule has 82 valence electrons. The van der Waals surface area contributed by atoms with E-state index in [0.717, 1.165) is 0 Å². The summed E-state index contributed by atoms with van der Waals surface area (Å²) in [5, 5.41) is 17.4. The first-order chi connectivity index (χ1) is 6.56. The summed E-state index contributed by atoms with van der Waals surface area (Å²) in [5.74, 6) is -0.296. The minimum Gasteiger partial charge on any atom is -0.394 e. The average Bonchev–Trinajstić information content (AvgIpc) is 2.14. The number of hydrogen-bond acceptors (Lipinski definition) is 5. The van der Waals surface area contributed by atoms with Gasteiger partial charge in [-0.1, -0.05) is 0 Å². The summed E-state index contributed by atoms with van der Waals surface area (Å²) in [6.07, 6.45) is -0.812. The van der Waals surface area contributed by atoms with Crippen LogP contribution in [0.1, 0.15) is 6.92 Å². The molecule has 0 radical (unpaired) electrons. The molecule has 0 aromatic rings. The molecule has 1 atom stereocenters. The highest BCUT2D eigenvalue weighted by molar-refractivity contribution is 7.99. The number of rotatable bonds is 5. The maximum Gasteiger partial charge on any atom is 0.248 e. The van der Waals surface area contributed by atoms with Crippen molar-refractivity contribution in [3.8, 4) is 0 Å². The minimum absolute atomic E-state index is 0.122. The van der Waals surface area contributed by atoms with Crippen molar-refractivity contribution < 1.29 is 19.8 Å². The predicted octanol–water partition coefficient (Wildman–Crippen LogP) is -1.76. The molecule has 0 saturated heterocycles. The molecule has 0 saturated carbocycles. The van der Waals surface area contributed by atoms with Crippen LogP contribution in [0.5, 0.6) is 0 Å². The second-order valence-corrected chi connectivity index (χ2v) is 3.61. The van der Waals surface area contributed by atoms with Gasteiger partial charge in [-0.3, -0.25) is 20.4 Å². The molecule has 0 fully saturated rings. The number of aliphatic hydroxyl groups excluding tert-OH is 2. The van der Waals surface area contributed by atoms with Crippen LogP contribution in [0.3, 0.4) is 0 Å². The second kappa shape index (κ2) is 7.60. The molecule has 2 amide bonds. The molecule has 4 N–H and O–H groups in total. The SMILES string of the molecule is CC(=O)NNC(=O)CSCC(O)CO. The maximum atomic E-state index is 10.9. The monoisotopic (exact) mass is 222 g/mol. The van der Waals surface area contributed by atoms with Gasteiger partial charge in [-0.15, -0.1) is 11.8 Å². The molecule has 1 unspecified atom stereocenters. The maximum absolute atomic E-state index is 10.9. The first kappa shape index (κ1) is 13.2. The Morgan fingerprint density at radius 3 is 2.57 bits per heavy atom. The first-order valence-corrected chi connectivity index (χ1v) is 5.13. The standard InChI is InChI=1S/C7H14N2O4S/c1-5(11)8-9-7(13)4-14-3-6(12)2-10/h6,10,12H,2-4H2,1H3,(H,8,11)(H,9,13). The average molecular weight is 222 g/mol. The lowest BCUT2D eigenvalue weighted by Gasteiger charge is -2.07. The summed E-state index contributed by atoms with van der Waals surface area (Å²) in [5.41, 5.74) is 4.30. The Morgan fingerprint density at radius 1 is 1.43 bits per heavy atom. The van der Waals surface area contributed by atoms with E-state index in [1.54, 1.807) is 0 Å². The van der Waals surface area contributed by atoms with Gasteiger partial charge in [0.1, 0.15) is 0 Å². The Bertz CT molecular complexity index is 200. The molecule has 0 heterocycles. The summed E-state index contributed by atoms with van der Waals surface area (Å²) in [4.78, 5) is 21.3. The third-order valence-electron chi connectivity index (χ3n) is 1.13. The largest absolute Gasteiger partial charge is 0.394 e.